The summed E-state index contributed by atoms with van der Waals surface area (Å²) in [5, 5.41) is 3.86. The summed E-state index contributed by atoms with van der Waals surface area (Å²) in [4.78, 5) is 19.0. The Morgan fingerprint density at radius 1 is 1.40 bits per heavy atom. The number of nitrogens with one attached hydrogen (secondary N) is 1. The predicted molar refractivity (Wildman–Crippen MR) is 75.2 cm³/mol. The summed E-state index contributed by atoms with van der Waals surface area (Å²) in [7, 11) is 0. The molecule has 1 aromatic rings. The third-order valence-electron chi connectivity index (χ3n) is 4.34. The van der Waals surface area contributed by atoms with Gasteiger partial charge in [0.25, 0.3) is 5.91 Å². The number of carbonyl (C=O) groups is 1. The van der Waals surface area contributed by atoms with Crippen molar-refractivity contribution in [1.82, 2.24) is 10.3 Å². The Morgan fingerprint density at radius 3 is 2.85 bits per heavy atom. The van der Waals surface area contributed by atoms with Crippen LogP contribution in [-0.4, -0.2) is 35.6 Å². The van der Waals surface area contributed by atoms with Gasteiger partial charge in [-0.15, -0.1) is 0 Å². The van der Waals surface area contributed by atoms with Gasteiger partial charge in [-0.2, -0.15) is 0 Å². The lowest BCUT2D eigenvalue weighted by Gasteiger charge is -2.40. The minimum atomic E-state index is -0.640. The molecule has 1 saturated heterocycles. The molecule has 6 heteroatoms. The molecule has 2 aliphatic heterocycles. The summed E-state index contributed by atoms with van der Waals surface area (Å²) >= 11 is 6.05. The van der Waals surface area contributed by atoms with Crippen LogP contribution in [0.2, 0.25) is 5.02 Å². The van der Waals surface area contributed by atoms with Crippen LogP contribution < -0.4 is 15.0 Å². The van der Waals surface area contributed by atoms with E-state index in [4.69, 9.17) is 16.3 Å². The minimum Gasteiger partial charge on any atom is -0.459 e. The number of hydrogen-bond acceptors (Lipinski definition) is 4. The second kappa shape index (κ2) is 4.33. The van der Waals surface area contributed by atoms with Gasteiger partial charge in [-0.05, 0) is 32.0 Å². The predicted octanol–water partition coefficient (Wildman–Crippen LogP) is 1.74. The van der Waals surface area contributed by atoms with E-state index in [1.165, 1.54) is 0 Å². The van der Waals surface area contributed by atoms with E-state index in [0.717, 1.165) is 44.5 Å². The van der Waals surface area contributed by atoms with Gasteiger partial charge < -0.3 is 15.0 Å². The molecular formula is C14H16ClN3O2. The van der Waals surface area contributed by atoms with E-state index < -0.39 is 5.60 Å². The normalized spacial score (nSPS) is 24.4. The topological polar surface area (TPSA) is 54.5 Å². The zero-order valence-electron chi connectivity index (χ0n) is 11.1. The van der Waals surface area contributed by atoms with Gasteiger partial charge in [0.15, 0.2) is 5.60 Å². The Bertz CT molecular complexity index is 568. The summed E-state index contributed by atoms with van der Waals surface area (Å²) in [5.41, 5.74) is 0.0885. The van der Waals surface area contributed by atoms with E-state index in [0.29, 0.717) is 10.9 Å². The molecule has 3 heterocycles. The molecule has 1 saturated carbocycles. The number of rotatable bonds is 1. The Kier molecular flexibility index (Phi) is 2.69. The van der Waals surface area contributed by atoms with Crippen molar-refractivity contribution >= 4 is 23.2 Å². The van der Waals surface area contributed by atoms with Crippen LogP contribution >= 0.6 is 11.6 Å². The first-order valence-corrected chi connectivity index (χ1v) is 7.46. The van der Waals surface area contributed by atoms with Crippen molar-refractivity contribution in [3.05, 3.63) is 17.3 Å². The summed E-state index contributed by atoms with van der Waals surface area (Å²) in [6, 6.07) is 2.00. The Morgan fingerprint density at radius 2 is 2.15 bits per heavy atom. The van der Waals surface area contributed by atoms with Gasteiger partial charge in [0.2, 0.25) is 5.88 Å². The lowest BCUT2D eigenvalue weighted by molar-refractivity contribution is -0.129. The standard InChI is InChI=1S/C14H16ClN3O2/c15-9-7-11-12(17-8-9)20-14(3-4-14)13(19)18(11)10-1-5-16-6-2-10/h7-8,10,16H,1-6H2. The van der Waals surface area contributed by atoms with Gasteiger partial charge in [0.1, 0.15) is 5.69 Å². The maximum absolute atomic E-state index is 12.8. The number of hydrogen-bond donors (Lipinski definition) is 1. The number of anilines is 1. The molecule has 0 atom stereocenters. The molecule has 1 N–H and O–H groups in total. The van der Waals surface area contributed by atoms with Crippen molar-refractivity contribution in [2.24, 2.45) is 0 Å². The highest BCUT2D eigenvalue weighted by molar-refractivity contribution is 6.31. The minimum absolute atomic E-state index is 0.0842. The second-order valence-corrected chi connectivity index (χ2v) is 6.17. The Labute approximate surface area is 122 Å². The largest absolute Gasteiger partial charge is 0.459 e. The fourth-order valence-electron chi connectivity index (χ4n) is 3.08. The first-order chi connectivity index (χ1) is 9.70. The molecule has 106 valence electrons. The van der Waals surface area contributed by atoms with Gasteiger partial charge in [-0.1, -0.05) is 11.6 Å². The number of piperidine rings is 1. The molecule has 0 radical (unpaired) electrons. The fourth-order valence-corrected chi connectivity index (χ4v) is 3.23. The lowest BCUT2D eigenvalue weighted by atomic mass is 10.0. The molecule has 20 heavy (non-hydrogen) atoms. The summed E-state index contributed by atoms with van der Waals surface area (Å²) < 4.78 is 5.84. The average Bonchev–Trinajstić information content (AvgIpc) is 3.23. The number of nitrogens with zero attached hydrogens (tertiary/aromatic N) is 2. The lowest BCUT2D eigenvalue weighted by Crippen LogP contribution is -2.54. The summed E-state index contributed by atoms with van der Waals surface area (Å²) in [6.45, 7) is 1.87. The smallest absolute Gasteiger partial charge is 0.271 e. The maximum atomic E-state index is 12.8. The van der Waals surface area contributed by atoms with Crippen LogP contribution in [0, 0.1) is 0 Å². The van der Waals surface area contributed by atoms with Gasteiger partial charge in [0, 0.05) is 25.1 Å². The molecule has 2 fully saturated rings. The van der Waals surface area contributed by atoms with Crippen LogP contribution in [0.4, 0.5) is 5.69 Å². The van der Waals surface area contributed by atoms with Crippen molar-refractivity contribution in [3.8, 4) is 5.88 Å². The highest BCUT2D eigenvalue weighted by atomic mass is 35.5. The second-order valence-electron chi connectivity index (χ2n) is 5.73. The number of amides is 1. The average molecular weight is 294 g/mol. The monoisotopic (exact) mass is 293 g/mol. The number of aromatic nitrogens is 1. The maximum Gasteiger partial charge on any atom is 0.271 e. The van der Waals surface area contributed by atoms with Crippen molar-refractivity contribution < 1.29 is 9.53 Å². The highest BCUT2D eigenvalue weighted by Crippen LogP contribution is 2.49. The van der Waals surface area contributed by atoms with E-state index in [2.05, 4.69) is 10.3 Å². The van der Waals surface area contributed by atoms with Gasteiger partial charge in [0.05, 0.1) is 5.02 Å². The summed E-state index contributed by atoms with van der Waals surface area (Å²) in [6.07, 6.45) is 5.06. The van der Waals surface area contributed by atoms with Crippen LogP contribution in [0.5, 0.6) is 5.88 Å². The van der Waals surface area contributed by atoms with Gasteiger partial charge in [-0.3, -0.25) is 4.79 Å². The zero-order chi connectivity index (χ0) is 13.7. The highest BCUT2D eigenvalue weighted by Gasteiger charge is 2.59. The third-order valence-corrected chi connectivity index (χ3v) is 4.54. The number of pyridine rings is 1. The van der Waals surface area contributed by atoms with Crippen molar-refractivity contribution in [3.63, 3.8) is 0 Å². The molecule has 0 unspecified atom stereocenters. The molecule has 0 bridgehead atoms. The Balaban J connectivity index is 1.78. The molecular weight excluding hydrogens is 278 g/mol. The number of fused-ring (bicyclic) bond motifs is 1. The van der Waals surface area contributed by atoms with Crippen LogP contribution in [0.1, 0.15) is 25.7 Å². The zero-order valence-corrected chi connectivity index (χ0v) is 11.8. The van der Waals surface area contributed by atoms with Gasteiger partial charge in [-0.25, -0.2) is 4.98 Å². The summed E-state index contributed by atoms with van der Waals surface area (Å²) in [5.74, 6) is 0.631. The van der Waals surface area contributed by atoms with E-state index in [-0.39, 0.29) is 11.9 Å². The Hall–Kier alpha value is -1.33. The van der Waals surface area contributed by atoms with E-state index >= 15 is 0 Å². The fraction of sp³-hybridized carbons (Fsp3) is 0.571. The van der Waals surface area contributed by atoms with E-state index in [1.54, 1.807) is 12.3 Å². The molecule has 3 aliphatic rings. The molecule has 1 amide bonds. The van der Waals surface area contributed by atoms with Crippen LogP contribution in [-0.2, 0) is 4.79 Å². The number of carbonyl (C=O) groups excluding carboxylic acids is 1. The molecule has 4 rings (SSSR count). The van der Waals surface area contributed by atoms with Gasteiger partial charge >= 0.3 is 0 Å². The van der Waals surface area contributed by atoms with Crippen LogP contribution in [0.3, 0.4) is 0 Å². The first kappa shape index (κ1) is 12.4. The van der Waals surface area contributed by atoms with Crippen molar-refractivity contribution in [2.45, 2.75) is 37.3 Å². The van der Waals surface area contributed by atoms with E-state index in [9.17, 15) is 4.79 Å². The SMILES string of the molecule is O=C1N(C2CCNCC2)c2cc(Cl)cnc2OC12CC2. The third kappa shape index (κ3) is 1.80. The first-order valence-electron chi connectivity index (χ1n) is 7.09. The quantitative estimate of drug-likeness (QED) is 0.857. The molecule has 1 aliphatic carbocycles. The molecule has 1 aromatic heterocycles. The van der Waals surface area contributed by atoms with Crippen molar-refractivity contribution in [2.75, 3.05) is 18.0 Å². The molecule has 0 aromatic carbocycles. The van der Waals surface area contributed by atoms with Crippen LogP contribution in [0.15, 0.2) is 12.3 Å². The van der Waals surface area contributed by atoms with E-state index in [1.807, 2.05) is 4.90 Å². The van der Waals surface area contributed by atoms with Crippen LogP contribution in [0.25, 0.3) is 0 Å². The molecule has 1 spiro atoms. The van der Waals surface area contributed by atoms with Crippen molar-refractivity contribution in [1.29, 1.82) is 0 Å². The number of ether oxygens (including phenoxy) is 1. The number of halogens is 1. The molecule has 5 nitrogen and oxygen atoms in total.